The van der Waals surface area contributed by atoms with Crippen molar-refractivity contribution in [2.24, 2.45) is 5.73 Å². The molecule has 1 atom stereocenters. The minimum atomic E-state index is 0.0230. The molecule has 1 amide bonds. The van der Waals surface area contributed by atoms with Gasteiger partial charge >= 0.3 is 0 Å². The third-order valence-electron chi connectivity index (χ3n) is 2.49. The Kier molecular flexibility index (Phi) is 2.29. The van der Waals surface area contributed by atoms with E-state index < -0.39 is 0 Å². The molecule has 14 heavy (non-hydrogen) atoms. The first kappa shape index (κ1) is 9.27. The molecule has 0 aliphatic carbocycles. The zero-order valence-electron chi connectivity index (χ0n) is 8.19. The molecule has 0 saturated carbocycles. The largest absolute Gasteiger partial charge is 0.469 e. The summed E-state index contributed by atoms with van der Waals surface area (Å²) in [5.74, 6) is 0.784. The van der Waals surface area contributed by atoms with E-state index in [-0.39, 0.29) is 11.9 Å². The van der Waals surface area contributed by atoms with Crippen molar-refractivity contribution in [3.63, 3.8) is 0 Å². The second kappa shape index (κ2) is 3.46. The second-order valence-corrected chi connectivity index (χ2v) is 3.75. The van der Waals surface area contributed by atoms with Gasteiger partial charge in [0.25, 0.3) is 5.91 Å². The van der Waals surface area contributed by atoms with Crippen LogP contribution in [0.15, 0.2) is 16.7 Å². The van der Waals surface area contributed by atoms with Crippen LogP contribution in [0.3, 0.4) is 0 Å². The summed E-state index contributed by atoms with van der Waals surface area (Å²) in [6.45, 7) is 3.24. The summed E-state index contributed by atoms with van der Waals surface area (Å²) in [5.41, 5.74) is 6.35. The number of furan rings is 1. The summed E-state index contributed by atoms with van der Waals surface area (Å²) >= 11 is 0. The van der Waals surface area contributed by atoms with E-state index in [2.05, 4.69) is 0 Å². The van der Waals surface area contributed by atoms with E-state index in [1.165, 1.54) is 6.26 Å². The zero-order chi connectivity index (χ0) is 10.1. The van der Waals surface area contributed by atoms with Crippen LogP contribution in [0.5, 0.6) is 0 Å². The Labute approximate surface area is 82.7 Å². The van der Waals surface area contributed by atoms with Crippen molar-refractivity contribution in [2.75, 3.05) is 13.1 Å². The van der Waals surface area contributed by atoms with E-state index in [0.717, 1.165) is 18.7 Å². The molecule has 1 saturated heterocycles. The third-order valence-corrected chi connectivity index (χ3v) is 2.49. The predicted octanol–water partition coefficient (Wildman–Crippen LogP) is 0.761. The molecule has 1 aromatic heterocycles. The molecule has 2 rings (SSSR count). The Morgan fingerprint density at radius 2 is 2.50 bits per heavy atom. The van der Waals surface area contributed by atoms with Crippen LogP contribution in [0.1, 0.15) is 22.5 Å². The molecule has 2 heterocycles. The van der Waals surface area contributed by atoms with Crippen LogP contribution >= 0.6 is 0 Å². The lowest BCUT2D eigenvalue weighted by molar-refractivity contribution is 0.0790. The molecule has 1 unspecified atom stereocenters. The summed E-state index contributed by atoms with van der Waals surface area (Å²) < 4.78 is 5.09. The molecular formula is C10H14N2O2. The van der Waals surface area contributed by atoms with Crippen molar-refractivity contribution in [3.05, 3.63) is 23.7 Å². The molecule has 4 nitrogen and oxygen atoms in total. The number of nitrogens with zero attached hydrogens (tertiary/aromatic N) is 1. The summed E-state index contributed by atoms with van der Waals surface area (Å²) in [6, 6.07) is 1.89. The topological polar surface area (TPSA) is 59.5 Å². The highest BCUT2D eigenvalue weighted by Gasteiger charge is 2.25. The van der Waals surface area contributed by atoms with Gasteiger partial charge in [-0.1, -0.05) is 0 Å². The molecule has 2 N–H and O–H groups in total. The Morgan fingerprint density at radius 3 is 3.00 bits per heavy atom. The number of hydrogen-bond donors (Lipinski definition) is 1. The first-order valence-corrected chi connectivity index (χ1v) is 4.77. The predicted molar refractivity (Wildman–Crippen MR) is 51.9 cm³/mol. The van der Waals surface area contributed by atoms with Crippen LogP contribution < -0.4 is 5.73 Å². The average Bonchev–Trinajstić information content (AvgIpc) is 2.73. The van der Waals surface area contributed by atoms with Crippen molar-refractivity contribution in [1.29, 1.82) is 0 Å². The standard InChI is InChI=1S/C10H14N2O2/c1-7-4-8(6-14-7)10(13)12-3-2-9(11)5-12/h4,6,9H,2-3,5,11H2,1H3. The normalized spacial score (nSPS) is 21.6. The Balaban J connectivity index is 2.09. The van der Waals surface area contributed by atoms with Gasteiger partial charge in [0, 0.05) is 19.1 Å². The third kappa shape index (κ3) is 1.65. The lowest BCUT2D eigenvalue weighted by atomic mass is 10.3. The van der Waals surface area contributed by atoms with E-state index >= 15 is 0 Å². The summed E-state index contributed by atoms with van der Waals surface area (Å²) in [7, 11) is 0. The first-order chi connectivity index (χ1) is 6.66. The minimum Gasteiger partial charge on any atom is -0.469 e. The molecule has 1 aromatic rings. The van der Waals surface area contributed by atoms with Gasteiger partial charge in [-0.3, -0.25) is 4.79 Å². The van der Waals surface area contributed by atoms with Crippen molar-refractivity contribution in [1.82, 2.24) is 4.90 Å². The molecular weight excluding hydrogens is 180 g/mol. The van der Waals surface area contributed by atoms with Gasteiger partial charge in [-0.05, 0) is 19.4 Å². The van der Waals surface area contributed by atoms with E-state index in [0.29, 0.717) is 12.1 Å². The number of nitrogens with two attached hydrogens (primary N) is 1. The number of hydrogen-bond acceptors (Lipinski definition) is 3. The lowest BCUT2D eigenvalue weighted by Gasteiger charge is -2.13. The van der Waals surface area contributed by atoms with Crippen molar-refractivity contribution < 1.29 is 9.21 Å². The van der Waals surface area contributed by atoms with Crippen LogP contribution in [-0.4, -0.2) is 29.9 Å². The molecule has 0 aromatic carbocycles. The maximum Gasteiger partial charge on any atom is 0.257 e. The smallest absolute Gasteiger partial charge is 0.257 e. The van der Waals surface area contributed by atoms with Gasteiger partial charge in [0.2, 0.25) is 0 Å². The van der Waals surface area contributed by atoms with Gasteiger partial charge in [0.05, 0.1) is 5.56 Å². The first-order valence-electron chi connectivity index (χ1n) is 4.77. The summed E-state index contributed by atoms with van der Waals surface area (Å²) in [4.78, 5) is 13.6. The lowest BCUT2D eigenvalue weighted by Crippen LogP contribution is -2.31. The Hall–Kier alpha value is -1.29. The molecule has 1 aliphatic heterocycles. The molecule has 4 heteroatoms. The van der Waals surface area contributed by atoms with Crippen LogP contribution in [0.25, 0.3) is 0 Å². The minimum absolute atomic E-state index is 0.0230. The van der Waals surface area contributed by atoms with Crippen LogP contribution in [0, 0.1) is 6.92 Å². The Bertz CT molecular complexity index is 346. The maximum absolute atomic E-state index is 11.8. The number of aryl methyl sites for hydroxylation is 1. The molecule has 0 spiro atoms. The van der Waals surface area contributed by atoms with Crippen molar-refractivity contribution in [3.8, 4) is 0 Å². The number of rotatable bonds is 1. The molecule has 0 bridgehead atoms. The number of carbonyl (C=O) groups is 1. The summed E-state index contributed by atoms with van der Waals surface area (Å²) in [6.07, 6.45) is 2.39. The fourth-order valence-corrected chi connectivity index (χ4v) is 1.71. The second-order valence-electron chi connectivity index (χ2n) is 3.75. The number of amides is 1. The maximum atomic E-state index is 11.8. The van der Waals surface area contributed by atoms with Gasteiger partial charge in [-0.25, -0.2) is 0 Å². The van der Waals surface area contributed by atoms with E-state index in [4.69, 9.17) is 10.2 Å². The average molecular weight is 194 g/mol. The van der Waals surface area contributed by atoms with E-state index in [1.54, 1.807) is 11.0 Å². The van der Waals surface area contributed by atoms with E-state index in [1.807, 2.05) is 6.92 Å². The highest BCUT2D eigenvalue weighted by atomic mass is 16.3. The number of likely N-dealkylation sites (tertiary alicyclic amines) is 1. The highest BCUT2D eigenvalue weighted by molar-refractivity contribution is 5.94. The summed E-state index contributed by atoms with van der Waals surface area (Å²) in [5, 5.41) is 0. The fourth-order valence-electron chi connectivity index (χ4n) is 1.71. The van der Waals surface area contributed by atoms with Crippen LogP contribution in [0.2, 0.25) is 0 Å². The SMILES string of the molecule is Cc1cc(C(=O)N2CCC(N)C2)co1. The van der Waals surface area contributed by atoms with E-state index in [9.17, 15) is 4.79 Å². The van der Waals surface area contributed by atoms with Gasteiger partial charge in [-0.15, -0.1) is 0 Å². The quantitative estimate of drug-likeness (QED) is 0.718. The van der Waals surface area contributed by atoms with Gasteiger partial charge in [0.15, 0.2) is 0 Å². The monoisotopic (exact) mass is 194 g/mol. The zero-order valence-corrected chi connectivity index (χ0v) is 8.19. The van der Waals surface area contributed by atoms with Gasteiger partial charge in [0.1, 0.15) is 12.0 Å². The molecule has 0 radical (unpaired) electrons. The number of carbonyl (C=O) groups excluding carboxylic acids is 1. The van der Waals surface area contributed by atoms with Crippen molar-refractivity contribution in [2.45, 2.75) is 19.4 Å². The molecule has 1 fully saturated rings. The Morgan fingerprint density at radius 1 is 1.71 bits per heavy atom. The van der Waals surface area contributed by atoms with Gasteiger partial charge < -0.3 is 15.1 Å². The fraction of sp³-hybridized carbons (Fsp3) is 0.500. The molecule has 76 valence electrons. The van der Waals surface area contributed by atoms with Crippen LogP contribution in [-0.2, 0) is 0 Å². The van der Waals surface area contributed by atoms with Gasteiger partial charge in [-0.2, -0.15) is 0 Å². The van der Waals surface area contributed by atoms with Crippen LogP contribution in [0.4, 0.5) is 0 Å². The van der Waals surface area contributed by atoms with Crippen molar-refractivity contribution >= 4 is 5.91 Å². The highest BCUT2D eigenvalue weighted by Crippen LogP contribution is 2.14. The molecule has 1 aliphatic rings.